The van der Waals surface area contributed by atoms with Gasteiger partial charge in [0.05, 0.1) is 23.7 Å². The Labute approximate surface area is 166 Å². The van der Waals surface area contributed by atoms with Crippen LogP contribution in [0.5, 0.6) is 5.75 Å². The highest BCUT2D eigenvalue weighted by atomic mass is 35.5. The maximum absolute atomic E-state index is 13.6. The molecular formula is C20H20ClF3N2O2. The molecule has 1 heterocycles. The number of rotatable bonds is 5. The molecular weight excluding hydrogens is 393 g/mol. The number of carbonyl (C=O) groups excluding carboxylic acids is 1. The molecule has 8 heteroatoms. The van der Waals surface area contributed by atoms with Crippen molar-refractivity contribution in [2.24, 2.45) is 5.92 Å². The summed E-state index contributed by atoms with van der Waals surface area (Å²) >= 11 is 6.14. The van der Waals surface area contributed by atoms with E-state index in [9.17, 15) is 18.0 Å². The number of nitrogens with one attached hydrogen (secondary N) is 1. The van der Waals surface area contributed by atoms with Crippen LogP contribution in [-0.4, -0.2) is 23.9 Å². The van der Waals surface area contributed by atoms with Crippen molar-refractivity contribution in [1.29, 1.82) is 0 Å². The minimum Gasteiger partial charge on any atom is -0.497 e. The number of benzene rings is 1. The zero-order valence-electron chi connectivity index (χ0n) is 15.2. The van der Waals surface area contributed by atoms with Crippen molar-refractivity contribution in [3.05, 3.63) is 58.6 Å². The summed E-state index contributed by atoms with van der Waals surface area (Å²) in [5.41, 5.74) is 0.770. The second kappa shape index (κ2) is 8.39. The van der Waals surface area contributed by atoms with Gasteiger partial charge in [-0.25, -0.2) is 13.8 Å². The van der Waals surface area contributed by atoms with Crippen LogP contribution in [-0.2, 0) is 0 Å². The lowest BCUT2D eigenvalue weighted by molar-refractivity contribution is -0.0494. The highest BCUT2D eigenvalue weighted by Gasteiger charge is 2.38. The number of amides is 1. The van der Waals surface area contributed by atoms with Gasteiger partial charge >= 0.3 is 0 Å². The first-order chi connectivity index (χ1) is 13.3. The number of hydrogen-bond acceptors (Lipinski definition) is 3. The van der Waals surface area contributed by atoms with Crippen LogP contribution < -0.4 is 10.1 Å². The lowest BCUT2D eigenvalue weighted by Gasteiger charge is -2.34. The van der Waals surface area contributed by atoms with E-state index in [1.54, 1.807) is 12.1 Å². The monoisotopic (exact) mass is 412 g/mol. The van der Waals surface area contributed by atoms with Crippen molar-refractivity contribution in [3.8, 4) is 5.75 Å². The molecule has 1 fully saturated rings. The predicted molar refractivity (Wildman–Crippen MR) is 99.3 cm³/mol. The number of carbonyl (C=O) groups is 1. The molecule has 0 saturated heterocycles. The third kappa shape index (κ3) is 4.76. The standard InChI is InChI=1S/C20H20ClF3N2O2/c1-28-14-3-4-16(21)15(10-14)19(27)26-18(13-2-5-17(22)25-11-13)12-6-8-20(23,24)9-7-12/h2-5,10-12,18H,6-9H2,1H3,(H,26,27). The van der Waals surface area contributed by atoms with Gasteiger partial charge in [0.1, 0.15) is 5.75 Å². The lowest BCUT2D eigenvalue weighted by Crippen LogP contribution is -2.37. The van der Waals surface area contributed by atoms with Gasteiger partial charge in [0.2, 0.25) is 11.9 Å². The Hall–Kier alpha value is -2.28. The second-order valence-corrected chi connectivity index (χ2v) is 7.31. The van der Waals surface area contributed by atoms with E-state index in [-0.39, 0.29) is 42.2 Å². The number of nitrogens with zero attached hydrogens (tertiary/aromatic N) is 1. The molecule has 3 rings (SSSR count). The Bertz CT molecular complexity index is 836. The minimum absolute atomic E-state index is 0.210. The molecule has 1 aliphatic rings. The molecule has 150 valence electrons. The zero-order chi connectivity index (χ0) is 20.3. The smallest absolute Gasteiger partial charge is 0.253 e. The second-order valence-electron chi connectivity index (χ2n) is 6.90. The highest BCUT2D eigenvalue weighted by molar-refractivity contribution is 6.33. The van der Waals surface area contributed by atoms with Gasteiger partial charge in [0, 0.05) is 19.0 Å². The molecule has 1 atom stereocenters. The van der Waals surface area contributed by atoms with Gasteiger partial charge in [-0.3, -0.25) is 4.79 Å². The zero-order valence-corrected chi connectivity index (χ0v) is 16.0. The van der Waals surface area contributed by atoms with Gasteiger partial charge in [-0.05, 0) is 48.6 Å². The van der Waals surface area contributed by atoms with E-state index in [1.165, 1.54) is 31.5 Å². The number of ether oxygens (including phenoxy) is 1. The minimum atomic E-state index is -2.69. The molecule has 0 spiro atoms. The summed E-state index contributed by atoms with van der Waals surface area (Å²) in [6.07, 6.45) is 1.29. The maximum Gasteiger partial charge on any atom is 0.253 e. The number of alkyl halides is 2. The van der Waals surface area contributed by atoms with E-state index < -0.39 is 23.8 Å². The maximum atomic E-state index is 13.6. The number of methoxy groups -OCH3 is 1. The van der Waals surface area contributed by atoms with Crippen LogP contribution in [0, 0.1) is 11.9 Å². The van der Waals surface area contributed by atoms with Crippen LogP contribution >= 0.6 is 11.6 Å². The van der Waals surface area contributed by atoms with Crippen molar-refractivity contribution in [2.45, 2.75) is 37.6 Å². The van der Waals surface area contributed by atoms with Gasteiger partial charge in [-0.15, -0.1) is 0 Å². The highest BCUT2D eigenvalue weighted by Crippen LogP contribution is 2.41. The normalized spacial score (nSPS) is 17.8. The lowest BCUT2D eigenvalue weighted by atomic mass is 9.80. The fourth-order valence-electron chi connectivity index (χ4n) is 3.46. The molecule has 1 unspecified atom stereocenters. The van der Waals surface area contributed by atoms with Gasteiger partial charge < -0.3 is 10.1 Å². The van der Waals surface area contributed by atoms with Crippen LogP contribution in [0.1, 0.15) is 47.6 Å². The fourth-order valence-corrected chi connectivity index (χ4v) is 3.67. The summed E-state index contributed by atoms with van der Waals surface area (Å²) < 4.78 is 45.5. The average Bonchev–Trinajstić information content (AvgIpc) is 2.67. The first kappa shape index (κ1) is 20.5. The fraction of sp³-hybridized carbons (Fsp3) is 0.400. The molecule has 1 saturated carbocycles. The number of halogens is 4. The van der Waals surface area contributed by atoms with Gasteiger partial charge in [0.15, 0.2) is 0 Å². The third-order valence-corrected chi connectivity index (χ3v) is 5.38. The van der Waals surface area contributed by atoms with E-state index in [0.29, 0.717) is 11.3 Å². The van der Waals surface area contributed by atoms with E-state index in [4.69, 9.17) is 16.3 Å². The van der Waals surface area contributed by atoms with Crippen molar-refractivity contribution in [1.82, 2.24) is 10.3 Å². The molecule has 0 radical (unpaired) electrons. The van der Waals surface area contributed by atoms with Crippen LogP contribution in [0.15, 0.2) is 36.5 Å². The van der Waals surface area contributed by atoms with Gasteiger partial charge in [0.25, 0.3) is 5.91 Å². The third-order valence-electron chi connectivity index (χ3n) is 5.05. The summed E-state index contributed by atoms with van der Waals surface area (Å²) in [4.78, 5) is 16.5. The molecule has 4 nitrogen and oxygen atoms in total. The summed E-state index contributed by atoms with van der Waals surface area (Å²) in [6.45, 7) is 0. The molecule has 28 heavy (non-hydrogen) atoms. The topological polar surface area (TPSA) is 51.2 Å². The molecule has 1 aliphatic carbocycles. The van der Waals surface area contributed by atoms with Crippen LogP contribution in [0.2, 0.25) is 5.02 Å². The van der Waals surface area contributed by atoms with Crippen LogP contribution in [0.3, 0.4) is 0 Å². The van der Waals surface area contributed by atoms with Crippen LogP contribution in [0.25, 0.3) is 0 Å². The van der Waals surface area contributed by atoms with Crippen molar-refractivity contribution < 1.29 is 22.7 Å². The molecule has 2 aromatic rings. The summed E-state index contributed by atoms with van der Waals surface area (Å²) in [5, 5.41) is 3.11. The Balaban J connectivity index is 1.87. The van der Waals surface area contributed by atoms with Crippen molar-refractivity contribution >= 4 is 17.5 Å². The quantitative estimate of drug-likeness (QED) is 0.688. The molecule has 1 aromatic heterocycles. The number of aromatic nitrogens is 1. The first-order valence-electron chi connectivity index (χ1n) is 8.93. The Morgan fingerprint density at radius 1 is 1.29 bits per heavy atom. The van der Waals surface area contributed by atoms with Crippen molar-refractivity contribution in [2.75, 3.05) is 7.11 Å². The Kier molecular flexibility index (Phi) is 6.13. The molecule has 0 bridgehead atoms. The van der Waals surface area contributed by atoms with Crippen molar-refractivity contribution in [3.63, 3.8) is 0 Å². The Morgan fingerprint density at radius 3 is 2.61 bits per heavy atom. The van der Waals surface area contributed by atoms with E-state index in [0.717, 1.165) is 0 Å². The SMILES string of the molecule is COc1ccc(Cl)c(C(=O)NC(c2ccc(F)nc2)C2CCC(F)(F)CC2)c1. The van der Waals surface area contributed by atoms with Gasteiger partial charge in [-0.2, -0.15) is 4.39 Å². The van der Waals surface area contributed by atoms with Crippen LogP contribution in [0.4, 0.5) is 13.2 Å². The predicted octanol–water partition coefficient (Wildman–Crippen LogP) is 5.18. The summed E-state index contributed by atoms with van der Waals surface area (Å²) in [7, 11) is 1.47. The first-order valence-corrected chi connectivity index (χ1v) is 9.30. The van der Waals surface area contributed by atoms with E-state index in [1.807, 2.05) is 0 Å². The summed E-state index contributed by atoms with van der Waals surface area (Å²) in [5.74, 6) is -3.56. The molecule has 1 aromatic carbocycles. The largest absolute Gasteiger partial charge is 0.497 e. The number of pyridine rings is 1. The van der Waals surface area contributed by atoms with Gasteiger partial charge in [-0.1, -0.05) is 17.7 Å². The van der Waals surface area contributed by atoms with E-state index in [2.05, 4.69) is 10.3 Å². The average molecular weight is 413 g/mol. The molecule has 1 amide bonds. The summed E-state index contributed by atoms with van der Waals surface area (Å²) in [6, 6.07) is 6.79. The number of hydrogen-bond donors (Lipinski definition) is 1. The molecule has 0 aliphatic heterocycles. The Morgan fingerprint density at radius 2 is 2.00 bits per heavy atom. The molecule has 1 N–H and O–H groups in total. The van der Waals surface area contributed by atoms with E-state index >= 15 is 0 Å².